The molecule has 0 atom stereocenters. The van der Waals surface area contributed by atoms with Crippen molar-refractivity contribution in [2.75, 3.05) is 13.2 Å². The minimum atomic E-state index is -0.239. The van der Waals surface area contributed by atoms with E-state index in [1.54, 1.807) is 0 Å². The first-order valence-electron chi connectivity index (χ1n) is 5.74. The lowest BCUT2D eigenvalue weighted by Gasteiger charge is -2.57. The third-order valence-corrected chi connectivity index (χ3v) is 3.99. The third-order valence-electron chi connectivity index (χ3n) is 3.99. The van der Waals surface area contributed by atoms with Crippen LogP contribution in [0.4, 0.5) is 0 Å². The number of hydrogen-bond acceptors (Lipinski definition) is 2. The summed E-state index contributed by atoms with van der Waals surface area (Å²) in [5, 5.41) is 9.42. The summed E-state index contributed by atoms with van der Waals surface area (Å²) in [7, 11) is 0. The predicted octanol–water partition coefficient (Wildman–Crippen LogP) is 2.57. The van der Waals surface area contributed by atoms with Crippen LogP contribution in [0.3, 0.4) is 0 Å². The Labute approximate surface area is 95.8 Å². The SMILES string of the molecule is Cc1ccc(C2(C#N)CC3(COC3)C2)cc1. The highest BCUT2D eigenvalue weighted by atomic mass is 16.5. The molecule has 2 heteroatoms. The van der Waals surface area contributed by atoms with Crippen molar-refractivity contribution in [1.29, 1.82) is 5.26 Å². The van der Waals surface area contributed by atoms with Crippen LogP contribution in [-0.4, -0.2) is 13.2 Å². The largest absolute Gasteiger partial charge is 0.380 e. The normalized spacial score (nSPS) is 24.2. The molecule has 3 rings (SSSR count). The molecular weight excluding hydrogens is 198 g/mol. The van der Waals surface area contributed by atoms with Gasteiger partial charge in [0.1, 0.15) is 0 Å². The molecule has 1 aliphatic carbocycles. The second kappa shape index (κ2) is 3.09. The van der Waals surface area contributed by atoms with E-state index in [1.807, 2.05) is 0 Å². The van der Waals surface area contributed by atoms with Crippen molar-refractivity contribution in [1.82, 2.24) is 0 Å². The molecule has 82 valence electrons. The van der Waals surface area contributed by atoms with Crippen LogP contribution in [0.1, 0.15) is 24.0 Å². The van der Waals surface area contributed by atoms with E-state index in [9.17, 15) is 5.26 Å². The molecule has 2 fully saturated rings. The van der Waals surface area contributed by atoms with E-state index >= 15 is 0 Å². The highest BCUT2D eigenvalue weighted by Gasteiger charge is 2.59. The van der Waals surface area contributed by atoms with Gasteiger partial charge in [0.2, 0.25) is 0 Å². The fourth-order valence-electron chi connectivity index (χ4n) is 3.04. The van der Waals surface area contributed by atoms with Gasteiger partial charge in [0, 0.05) is 5.41 Å². The lowest BCUT2D eigenvalue weighted by atomic mass is 9.50. The second-order valence-corrected chi connectivity index (χ2v) is 5.41. The van der Waals surface area contributed by atoms with Crippen molar-refractivity contribution < 1.29 is 4.74 Å². The molecule has 1 saturated carbocycles. The molecule has 0 unspecified atom stereocenters. The van der Waals surface area contributed by atoms with Crippen LogP contribution in [-0.2, 0) is 10.2 Å². The molecular formula is C14H15NO. The quantitative estimate of drug-likeness (QED) is 0.718. The summed E-state index contributed by atoms with van der Waals surface area (Å²) in [5.74, 6) is 0. The first-order valence-corrected chi connectivity index (χ1v) is 5.74. The minimum absolute atomic E-state index is 0.239. The standard InChI is InChI=1S/C14H15NO/c1-11-2-4-12(5-3-11)14(8-15)6-13(7-14)9-16-10-13/h2-5H,6-7,9-10H2,1H3. The van der Waals surface area contributed by atoms with Gasteiger partial charge in [0.15, 0.2) is 0 Å². The number of nitrogens with zero attached hydrogens (tertiary/aromatic N) is 1. The second-order valence-electron chi connectivity index (χ2n) is 5.41. The van der Waals surface area contributed by atoms with Crippen LogP contribution >= 0.6 is 0 Å². The molecule has 1 aliphatic heterocycles. The van der Waals surface area contributed by atoms with Gasteiger partial charge in [-0.3, -0.25) is 0 Å². The highest BCUT2D eigenvalue weighted by molar-refractivity contribution is 5.39. The molecule has 2 nitrogen and oxygen atoms in total. The van der Waals surface area contributed by atoms with Gasteiger partial charge >= 0.3 is 0 Å². The van der Waals surface area contributed by atoms with Crippen molar-refractivity contribution in [3.63, 3.8) is 0 Å². The van der Waals surface area contributed by atoms with Crippen molar-refractivity contribution in [2.45, 2.75) is 25.2 Å². The number of aryl methyl sites for hydroxylation is 1. The molecule has 0 aromatic heterocycles. The zero-order valence-electron chi connectivity index (χ0n) is 9.49. The van der Waals surface area contributed by atoms with Gasteiger partial charge in [-0.25, -0.2) is 0 Å². The maximum atomic E-state index is 9.42. The van der Waals surface area contributed by atoms with Crippen LogP contribution in [0.5, 0.6) is 0 Å². The predicted molar refractivity (Wildman–Crippen MR) is 61.0 cm³/mol. The first kappa shape index (κ1) is 9.86. The van der Waals surface area contributed by atoms with E-state index in [4.69, 9.17) is 4.74 Å². The number of rotatable bonds is 1. The summed E-state index contributed by atoms with van der Waals surface area (Å²) in [5.41, 5.74) is 2.52. The summed E-state index contributed by atoms with van der Waals surface area (Å²) in [6, 6.07) is 10.9. The zero-order valence-corrected chi connectivity index (χ0v) is 9.49. The van der Waals surface area contributed by atoms with Gasteiger partial charge in [-0.15, -0.1) is 0 Å². The monoisotopic (exact) mass is 213 g/mol. The van der Waals surface area contributed by atoms with E-state index in [1.165, 1.54) is 11.1 Å². The lowest BCUT2D eigenvalue weighted by molar-refractivity contribution is -0.178. The maximum Gasteiger partial charge on any atom is 0.0836 e. The Bertz CT molecular complexity index is 443. The fraction of sp³-hybridized carbons (Fsp3) is 0.500. The van der Waals surface area contributed by atoms with Crippen molar-refractivity contribution >= 4 is 0 Å². The van der Waals surface area contributed by atoms with Crippen LogP contribution in [0.2, 0.25) is 0 Å². The molecule has 2 aliphatic rings. The molecule has 1 saturated heterocycles. The average molecular weight is 213 g/mol. The Morgan fingerprint density at radius 3 is 2.25 bits per heavy atom. The van der Waals surface area contributed by atoms with E-state index in [-0.39, 0.29) is 5.41 Å². The molecule has 0 amide bonds. The molecule has 16 heavy (non-hydrogen) atoms. The minimum Gasteiger partial charge on any atom is -0.380 e. The van der Waals surface area contributed by atoms with Crippen LogP contribution in [0, 0.1) is 23.7 Å². The van der Waals surface area contributed by atoms with E-state index in [2.05, 4.69) is 37.3 Å². The maximum absolute atomic E-state index is 9.42. The fourth-order valence-corrected chi connectivity index (χ4v) is 3.04. The first-order chi connectivity index (χ1) is 7.68. The molecule has 0 radical (unpaired) electrons. The van der Waals surface area contributed by atoms with Gasteiger partial charge in [-0.05, 0) is 25.3 Å². The molecule has 0 bridgehead atoms. The Hall–Kier alpha value is -1.33. The van der Waals surface area contributed by atoms with Crippen molar-refractivity contribution in [3.8, 4) is 6.07 Å². The number of nitriles is 1. The topological polar surface area (TPSA) is 33.0 Å². The summed E-state index contributed by atoms with van der Waals surface area (Å²) in [6.45, 7) is 3.77. The summed E-state index contributed by atoms with van der Waals surface area (Å²) in [6.07, 6.45) is 1.94. The smallest absolute Gasteiger partial charge is 0.0836 e. The van der Waals surface area contributed by atoms with E-state index in [0.29, 0.717) is 5.41 Å². The van der Waals surface area contributed by atoms with Gasteiger partial charge in [-0.2, -0.15) is 5.26 Å². The van der Waals surface area contributed by atoms with Crippen molar-refractivity contribution in [3.05, 3.63) is 35.4 Å². The zero-order chi connectivity index (χ0) is 11.2. The third kappa shape index (κ3) is 1.22. The van der Waals surface area contributed by atoms with Gasteiger partial charge in [-0.1, -0.05) is 29.8 Å². The lowest BCUT2D eigenvalue weighted by Crippen LogP contribution is -2.59. The summed E-state index contributed by atoms with van der Waals surface area (Å²) >= 11 is 0. The number of hydrogen-bond donors (Lipinski definition) is 0. The number of benzene rings is 1. The van der Waals surface area contributed by atoms with Gasteiger partial charge in [0.05, 0.1) is 24.7 Å². The summed E-state index contributed by atoms with van der Waals surface area (Å²) < 4.78 is 5.26. The molecule has 1 heterocycles. The van der Waals surface area contributed by atoms with Gasteiger partial charge in [0.25, 0.3) is 0 Å². The Balaban J connectivity index is 1.87. The van der Waals surface area contributed by atoms with Crippen molar-refractivity contribution in [2.24, 2.45) is 5.41 Å². The van der Waals surface area contributed by atoms with E-state index in [0.717, 1.165) is 26.1 Å². The highest BCUT2D eigenvalue weighted by Crippen LogP contribution is 2.58. The van der Waals surface area contributed by atoms with Crippen LogP contribution < -0.4 is 0 Å². The Kier molecular flexibility index (Phi) is 1.90. The van der Waals surface area contributed by atoms with E-state index < -0.39 is 0 Å². The molecule has 1 aromatic carbocycles. The average Bonchev–Trinajstić information content (AvgIpc) is 2.17. The van der Waals surface area contributed by atoms with Crippen LogP contribution in [0.25, 0.3) is 0 Å². The molecule has 1 spiro atoms. The summed E-state index contributed by atoms with van der Waals surface area (Å²) in [4.78, 5) is 0. The van der Waals surface area contributed by atoms with Gasteiger partial charge < -0.3 is 4.74 Å². The Morgan fingerprint density at radius 1 is 1.19 bits per heavy atom. The Morgan fingerprint density at radius 2 is 1.81 bits per heavy atom. The molecule has 1 aromatic rings. The van der Waals surface area contributed by atoms with Crippen LogP contribution in [0.15, 0.2) is 24.3 Å². The number of ether oxygens (including phenoxy) is 1. The molecule has 0 N–H and O–H groups in total.